The van der Waals surface area contributed by atoms with Gasteiger partial charge in [0.1, 0.15) is 6.04 Å². The Bertz CT molecular complexity index is 704. The summed E-state index contributed by atoms with van der Waals surface area (Å²) in [6.45, 7) is 6.19. The quantitative estimate of drug-likeness (QED) is 0.798. The minimum absolute atomic E-state index is 0.0427. The number of carboxylic acids is 1. The average molecular weight is 348 g/mol. The Morgan fingerprint density at radius 2 is 1.96 bits per heavy atom. The van der Waals surface area contributed by atoms with Crippen LogP contribution >= 0.6 is 11.6 Å². The lowest BCUT2D eigenvalue weighted by molar-refractivity contribution is -0.140. The molecule has 0 spiro atoms. The molecule has 1 aromatic carbocycles. The molecule has 2 aromatic rings. The van der Waals surface area contributed by atoms with Gasteiger partial charge in [-0.2, -0.15) is 0 Å². The summed E-state index contributed by atoms with van der Waals surface area (Å²) in [5, 5.41) is 13.1. The SMILES string of the molecule is CC[C@H](C)[C@H](NCc1cc(C)nc(-c2ccc(Cl)cc2)n1)C(=O)O. The molecule has 0 bridgehead atoms. The molecule has 0 saturated carbocycles. The van der Waals surface area contributed by atoms with Crippen LogP contribution in [-0.4, -0.2) is 27.1 Å². The fraction of sp³-hybridized carbons (Fsp3) is 0.389. The van der Waals surface area contributed by atoms with Crippen LogP contribution in [0.2, 0.25) is 5.02 Å². The van der Waals surface area contributed by atoms with Crippen molar-refractivity contribution in [2.24, 2.45) is 5.92 Å². The van der Waals surface area contributed by atoms with Crippen LogP contribution in [0.5, 0.6) is 0 Å². The number of carbonyl (C=O) groups is 1. The molecule has 0 aliphatic rings. The van der Waals surface area contributed by atoms with E-state index in [2.05, 4.69) is 15.3 Å². The van der Waals surface area contributed by atoms with Gasteiger partial charge in [0.25, 0.3) is 0 Å². The van der Waals surface area contributed by atoms with Gasteiger partial charge >= 0.3 is 5.97 Å². The highest BCUT2D eigenvalue weighted by Gasteiger charge is 2.22. The lowest BCUT2D eigenvalue weighted by Gasteiger charge is -2.20. The summed E-state index contributed by atoms with van der Waals surface area (Å²) < 4.78 is 0. The molecule has 128 valence electrons. The minimum atomic E-state index is -0.840. The summed E-state index contributed by atoms with van der Waals surface area (Å²) in [6, 6.07) is 8.60. The maximum absolute atomic E-state index is 11.4. The third kappa shape index (κ3) is 4.76. The molecule has 0 aliphatic heterocycles. The van der Waals surface area contributed by atoms with Crippen molar-refractivity contribution in [3.63, 3.8) is 0 Å². The third-order valence-corrected chi connectivity index (χ3v) is 4.24. The van der Waals surface area contributed by atoms with Gasteiger partial charge in [0.15, 0.2) is 5.82 Å². The van der Waals surface area contributed by atoms with Gasteiger partial charge in [0.2, 0.25) is 0 Å². The van der Waals surface area contributed by atoms with Gasteiger partial charge in [-0.05, 0) is 43.2 Å². The fourth-order valence-electron chi connectivity index (χ4n) is 2.43. The van der Waals surface area contributed by atoms with Crippen molar-refractivity contribution < 1.29 is 9.90 Å². The molecule has 0 aliphatic carbocycles. The monoisotopic (exact) mass is 347 g/mol. The molecular weight excluding hydrogens is 326 g/mol. The van der Waals surface area contributed by atoms with E-state index in [1.54, 1.807) is 12.1 Å². The number of benzene rings is 1. The number of aliphatic carboxylic acids is 1. The van der Waals surface area contributed by atoms with Crippen molar-refractivity contribution in [3.8, 4) is 11.4 Å². The van der Waals surface area contributed by atoms with Gasteiger partial charge in [0.05, 0.1) is 5.69 Å². The van der Waals surface area contributed by atoms with Crippen LogP contribution in [0.3, 0.4) is 0 Å². The Hall–Kier alpha value is -1.98. The number of rotatable bonds is 7. The third-order valence-electron chi connectivity index (χ3n) is 3.99. The van der Waals surface area contributed by atoms with Crippen molar-refractivity contribution in [2.45, 2.75) is 39.8 Å². The molecule has 1 heterocycles. The van der Waals surface area contributed by atoms with E-state index >= 15 is 0 Å². The lowest BCUT2D eigenvalue weighted by Crippen LogP contribution is -2.41. The zero-order chi connectivity index (χ0) is 17.7. The Balaban J connectivity index is 2.19. The molecule has 0 unspecified atom stereocenters. The standard InChI is InChI=1S/C18H22ClN3O2/c1-4-11(2)16(18(23)24)20-10-15-9-12(3)21-17(22-15)13-5-7-14(19)8-6-13/h5-9,11,16,20H,4,10H2,1-3H3,(H,23,24)/t11-,16-/m0/s1. The molecule has 0 saturated heterocycles. The number of aromatic nitrogens is 2. The van der Waals surface area contributed by atoms with Gasteiger partial charge in [0, 0.05) is 22.8 Å². The second-order valence-corrected chi connectivity index (χ2v) is 6.35. The summed E-state index contributed by atoms with van der Waals surface area (Å²) in [6.07, 6.45) is 0.794. The number of halogens is 1. The van der Waals surface area contributed by atoms with Crippen molar-refractivity contribution in [2.75, 3.05) is 0 Å². The van der Waals surface area contributed by atoms with E-state index in [0.717, 1.165) is 23.4 Å². The molecule has 2 rings (SSSR count). The van der Waals surface area contributed by atoms with Crippen molar-refractivity contribution >= 4 is 17.6 Å². The fourth-order valence-corrected chi connectivity index (χ4v) is 2.56. The van der Waals surface area contributed by atoms with Gasteiger partial charge in [-0.15, -0.1) is 0 Å². The Kier molecular flexibility index (Phi) is 6.29. The number of nitrogens with zero attached hydrogens (tertiary/aromatic N) is 2. The second-order valence-electron chi connectivity index (χ2n) is 5.91. The van der Waals surface area contributed by atoms with Gasteiger partial charge in [-0.25, -0.2) is 9.97 Å². The van der Waals surface area contributed by atoms with Gasteiger partial charge < -0.3 is 5.11 Å². The molecule has 0 radical (unpaired) electrons. The zero-order valence-corrected chi connectivity index (χ0v) is 14.8. The lowest BCUT2D eigenvalue weighted by atomic mass is 9.99. The molecule has 5 nitrogen and oxygen atoms in total. The first-order valence-electron chi connectivity index (χ1n) is 7.97. The molecule has 0 amide bonds. The maximum Gasteiger partial charge on any atom is 0.320 e. The summed E-state index contributed by atoms with van der Waals surface area (Å²) >= 11 is 5.91. The molecule has 6 heteroatoms. The normalized spacial score (nSPS) is 13.5. The van der Waals surface area contributed by atoms with Crippen LogP contribution in [0, 0.1) is 12.8 Å². The van der Waals surface area contributed by atoms with Crippen LogP contribution in [0.1, 0.15) is 31.7 Å². The highest BCUT2D eigenvalue weighted by Crippen LogP contribution is 2.19. The predicted molar refractivity (Wildman–Crippen MR) is 94.9 cm³/mol. The van der Waals surface area contributed by atoms with E-state index in [1.165, 1.54) is 0 Å². The van der Waals surface area contributed by atoms with Crippen LogP contribution in [0.15, 0.2) is 30.3 Å². The number of hydrogen-bond donors (Lipinski definition) is 2. The second kappa shape index (κ2) is 8.22. The Morgan fingerprint density at radius 1 is 1.29 bits per heavy atom. The first-order chi connectivity index (χ1) is 11.4. The van der Waals surface area contributed by atoms with E-state index in [-0.39, 0.29) is 5.92 Å². The number of nitrogens with one attached hydrogen (secondary N) is 1. The summed E-state index contributed by atoms with van der Waals surface area (Å²) in [5.41, 5.74) is 2.48. The zero-order valence-electron chi connectivity index (χ0n) is 14.1. The summed E-state index contributed by atoms with van der Waals surface area (Å²) in [5.74, 6) is -0.187. The Labute approximate surface area is 147 Å². The number of hydrogen-bond acceptors (Lipinski definition) is 4. The van der Waals surface area contributed by atoms with Crippen LogP contribution in [-0.2, 0) is 11.3 Å². The highest BCUT2D eigenvalue weighted by molar-refractivity contribution is 6.30. The van der Waals surface area contributed by atoms with E-state index in [9.17, 15) is 9.90 Å². The first kappa shape index (κ1) is 18.4. The van der Waals surface area contributed by atoms with Crippen LogP contribution < -0.4 is 5.32 Å². The minimum Gasteiger partial charge on any atom is -0.480 e. The van der Waals surface area contributed by atoms with Gasteiger partial charge in [-0.1, -0.05) is 31.9 Å². The first-order valence-corrected chi connectivity index (χ1v) is 8.35. The smallest absolute Gasteiger partial charge is 0.320 e. The average Bonchev–Trinajstić information content (AvgIpc) is 2.54. The topological polar surface area (TPSA) is 75.1 Å². The number of carboxylic acid groups (broad SMARTS) is 1. The molecule has 1 aromatic heterocycles. The molecule has 24 heavy (non-hydrogen) atoms. The van der Waals surface area contributed by atoms with E-state index in [1.807, 2.05) is 39.0 Å². The highest BCUT2D eigenvalue weighted by atomic mass is 35.5. The molecule has 0 fully saturated rings. The van der Waals surface area contributed by atoms with Crippen molar-refractivity contribution in [1.29, 1.82) is 0 Å². The molecule has 2 N–H and O–H groups in total. The number of aryl methyl sites for hydroxylation is 1. The van der Waals surface area contributed by atoms with Crippen molar-refractivity contribution in [3.05, 3.63) is 46.7 Å². The maximum atomic E-state index is 11.4. The van der Waals surface area contributed by atoms with Crippen LogP contribution in [0.4, 0.5) is 0 Å². The molecule has 2 atom stereocenters. The molecular formula is C18H22ClN3O2. The predicted octanol–water partition coefficient (Wildman–Crippen LogP) is 3.69. The van der Waals surface area contributed by atoms with Crippen LogP contribution in [0.25, 0.3) is 11.4 Å². The summed E-state index contributed by atoms with van der Waals surface area (Å²) in [7, 11) is 0. The van der Waals surface area contributed by atoms with Gasteiger partial charge in [-0.3, -0.25) is 10.1 Å². The van der Waals surface area contributed by atoms with E-state index in [0.29, 0.717) is 17.4 Å². The van der Waals surface area contributed by atoms with E-state index in [4.69, 9.17) is 11.6 Å². The largest absolute Gasteiger partial charge is 0.480 e. The van der Waals surface area contributed by atoms with E-state index < -0.39 is 12.0 Å². The summed E-state index contributed by atoms with van der Waals surface area (Å²) in [4.78, 5) is 20.4. The Morgan fingerprint density at radius 3 is 2.54 bits per heavy atom. The van der Waals surface area contributed by atoms with Crippen molar-refractivity contribution in [1.82, 2.24) is 15.3 Å².